The molecule has 0 spiro atoms. The second-order valence-corrected chi connectivity index (χ2v) is 19.3. The number of hydrogen-bond acceptors (Lipinski definition) is 3. The van der Waals surface area contributed by atoms with E-state index >= 15 is 0 Å². The number of carboxylic acids is 3. The predicted molar refractivity (Wildman–Crippen MR) is 278 cm³/mol. The summed E-state index contributed by atoms with van der Waals surface area (Å²) in [6.45, 7) is 11.0. The van der Waals surface area contributed by atoms with Crippen molar-refractivity contribution < 1.29 is 29.7 Å². The lowest BCUT2D eigenvalue weighted by atomic mass is 9.47. The van der Waals surface area contributed by atoms with Gasteiger partial charge >= 0.3 is 17.9 Å². The van der Waals surface area contributed by atoms with Gasteiger partial charge in [-0.15, -0.1) is 0 Å². The second kappa shape index (κ2) is 16.3. The summed E-state index contributed by atoms with van der Waals surface area (Å²) < 4.78 is 0. The van der Waals surface area contributed by atoms with Crippen molar-refractivity contribution in [1.29, 1.82) is 0 Å². The van der Waals surface area contributed by atoms with Crippen LogP contribution >= 0.6 is 0 Å². The number of rotatable bonds is 9. The van der Waals surface area contributed by atoms with E-state index in [1.54, 1.807) is 36.4 Å². The van der Waals surface area contributed by atoms with Crippen LogP contribution in [0.3, 0.4) is 0 Å². The van der Waals surface area contributed by atoms with Crippen molar-refractivity contribution in [3.8, 4) is 66.8 Å². The standard InChI is InChI=1S/C64H48O6/c1-36-6-12-39(13-7-36)48-30-54-55(31-49(48)40-14-8-37(2)9-15-40)64(5)57-33-51(42-18-24-45(25-19-42)60(65)66)50(41-16-10-38(3)11-17-41)32-56(57)63(54,4)58-34-52(43-20-26-46(27-21-43)61(67)68)53(35-59(58)64)44-22-28-47(29-23-44)62(69)70/h6-35H,1-5H3,(H,65,66)(H,67,68)(H,69,70). The highest BCUT2D eigenvalue weighted by atomic mass is 16.4. The Morgan fingerprint density at radius 3 is 0.600 bits per heavy atom. The van der Waals surface area contributed by atoms with E-state index in [9.17, 15) is 29.7 Å². The first kappa shape index (κ1) is 43.9. The van der Waals surface area contributed by atoms with E-state index in [4.69, 9.17) is 0 Å². The maximum atomic E-state index is 12.1. The molecular formula is C64H48O6. The fourth-order valence-corrected chi connectivity index (χ4v) is 11.2. The molecule has 6 nitrogen and oxygen atoms in total. The smallest absolute Gasteiger partial charge is 0.335 e. The zero-order valence-corrected chi connectivity index (χ0v) is 39.4. The molecule has 0 aliphatic heterocycles. The van der Waals surface area contributed by atoms with E-state index in [1.165, 1.54) is 22.3 Å². The lowest BCUT2D eigenvalue weighted by molar-refractivity contribution is 0.0686. The summed E-state index contributed by atoms with van der Waals surface area (Å²) in [6.07, 6.45) is 0. The van der Waals surface area contributed by atoms with Gasteiger partial charge in [-0.2, -0.15) is 0 Å². The first-order valence-electron chi connectivity index (χ1n) is 23.4. The molecule has 0 radical (unpaired) electrons. The summed E-state index contributed by atoms with van der Waals surface area (Å²) >= 11 is 0. The minimum absolute atomic E-state index is 0.178. The zero-order valence-electron chi connectivity index (χ0n) is 39.4. The molecule has 2 bridgehead atoms. The Hall–Kier alpha value is -8.61. The Kier molecular flexibility index (Phi) is 10.2. The van der Waals surface area contributed by atoms with Crippen LogP contribution in [0.2, 0.25) is 0 Å². The Morgan fingerprint density at radius 2 is 0.443 bits per heavy atom. The van der Waals surface area contributed by atoms with Gasteiger partial charge in [-0.3, -0.25) is 0 Å². The fourth-order valence-electron chi connectivity index (χ4n) is 11.2. The largest absolute Gasteiger partial charge is 0.478 e. The molecule has 70 heavy (non-hydrogen) atoms. The van der Waals surface area contributed by atoms with E-state index in [0.29, 0.717) is 0 Å². The van der Waals surface area contributed by atoms with Crippen LogP contribution in [0.1, 0.15) is 95.0 Å². The summed E-state index contributed by atoms with van der Waals surface area (Å²) in [5, 5.41) is 29.8. The normalized spacial score (nSPS) is 16.2. The Balaban J connectivity index is 1.27. The molecule has 12 rings (SSSR count). The zero-order chi connectivity index (χ0) is 48.8. The molecule has 3 aliphatic rings. The van der Waals surface area contributed by atoms with Gasteiger partial charge in [0.2, 0.25) is 0 Å². The maximum absolute atomic E-state index is 12.1. The summed E-state index contributed by atoms with van der Waals surface area (Å²) in [5.74, 6) is -3.01. The van der Waals surface area contributed by atoms with Gasteiger partial charge in [-0.25, -0.2) is 14.4 Å². The van der Waals surface area contributed by atoms with Crippen LogP contribution in [-0.2, 0) is 10.8 Å². The Labute approximate surface area is 406 Å². The molecule has 9 aromatic carbocycles. The highest BCUT2D eigenvalue weighted by Crippen LogP contribution is 2.65. The molecule has 3 N–H and O–H groups in total. The van der Waals surface area contributed by atoms with Crippen molar-refractivity contribution in [2.24, 2.45) is 0 Å². The minimum Gasteiger partial charge on any atom is -0.478 e. The van der Waals surface area contributed by atoms with Crippen LogP contribution in [0.4, 0.5) is 0 Å². The molecule has 0 saturated heterocycles. The highest BCUT2D eigenvalue weighted by molar-refractivity contribution is 5.96. The lowest BCUT2D eigenvalue weighted by Gasteiger charge is -2.55. The third kappa shape index (κ3) is 6.89. The number of benzene rings is 9. The van der Waals surface area contributed by atoms with Gasteiger partial charge in [-0.05, 0) is 208 Å². The molecule has 6 heteroatoms. The van der Waals surface area contributed by atoms with Gasteiger partial charge in [0.1, 0.15) is 0 Å². The summed E-state index contributed by atoms with van der Waals surface area (Å²) in [6, 6.07) is 61.2. The second-order valence-electron chi connectivity index (χ2n) is 19.3. The number of carboxylic acid groups (broad SMARTS) is 3. The monoisotopic (exact) mass is 912 g/mol. The number of aryl methyl sites for hydroxylation is 3. The highest BCUT2D eigenvalue weighted by Gasteiger charge is 2.56. The number of carbonyl (C=O) groups is 3. The van der Waals surface area contributed by atoms with Crippen LogP contribution in [0.15, 0.2) is 182 Å². The van der Waals surface area contributed by atoms with E-state index in [0.717, 1.165) is 94.6 Å². The van der Waals surface area contributed by atoms with Crippen molar-refractivity contribution in [1.82, 2.24) is 0 Å². The van der Waals surface area contributed by atoms with E-state index < -0.39 is 28.7 Å². The molecule has 0 amide bonds. The van der Waals surface area contributed by atoms with Gasteiger partial charge in [0, 0.05) is 10.8 Å². The third-order valence-electron chi connectivity index (χ3n) is 15.1. The topological polar surface area (TPSA) is 112 Å². The first-order valence-corrected chi connectivity index (χ1v) is 23.4. The molecule has 340 valence electrons. The molecule has 9 aromatic rings. The summed E-state index contributed by atoms with van der Waals surface area (Å²) in [7, 11) is 0. The van der Waals surface area contributed by atoms with Crippen LogP contribution < -0.4 is 0 Å². The quantitative estimate of drug-likeness (QED) is 0.133. The molecule has 2 unspecified atom stereocenters. The van der Waals surface area contributed by atoms with Gasteiger partial charge in [0.05, 0.1) is 16.7 Å². The third-order valence-corrected chi connectivity index (χ3v) is 15.1. The van der Waals surface area contributed by atoms with Crippen molar-refractivity contribution in [3.05, 3.63) is 249 Å². The van der Waals surface area contributed by atoms with Crippen molar-refractivity contribution in [3.63, 3.8) is 0 Å². The molecule has 2 atom stereocenters. The van der Waals surface area contributed by atoms with Gasteiger partial charge in [-0.1, -0.05) is 126 Å². The first-order chi connectivity index (χ1) is 33.6. The Morgan fingerprint density at radius 1 is 0.286 bits per heavy atom. The van der Waals surface area contributed by atoms with Gasteiger partial charge in [0.25, 0.3) is 0 Å². The van der Waals surface area contributed by atoms with Crippen LogP contribution in [0.5, 0.6) is 0 Å². The molecule has 0 fully saturated rings. The average Bonchev–Trinajstić information content (AvgIpc) is 3.37. The molecule has 0 aromatic heterocycles. The Bertz CT molecular complexity index is 3620. The van der Waals surface area contributed by atoms with E-state index in [1.807, 2.05) is 36.4 Å². The van der Waals surface area contributed by atoms with Crippen molar-refractivity contribution >= 4 is 17.9 Å². The lowest BCUT2D eigenvalue weighted by Crippen LogP contribution is -2.48. The van der Waals surface area contributed by atoms with E-state index in [2.05, 4.69) is 144 Å². The predicted octanol–water partition coefficient (Wildman–Crippen LogP) is 15.0. The average molecular weight is 913 g/mol. The summed E-state index contributed by atoms with van der Waals surface area (Å²) in [5.41, 5.74) is 21.2. The van der Waals surface area contributed by atoms with Gasteiger partial charge < -0.3 is 15.3 Å². The van der Waals surface area contributed by atoms with Crippen LogP contribution in [-0.4, -0.2) is 33.2 Å². The van der Waals surface area contributed by atoms with E-state index in [-0.39, 0.29) is 16.7 Å². The van der Waals surface area contributed by atoms with Crippen molar-refractivity contribution in [2.75, 3.05) is 0 Å². The molecule has 0 heterocycles. The van der Waals surface area contributed by atoms with Crippen LogP contribution in [0.25, 0.3) is 66.8 Å². The van der Waals surface area contributed by atoms with Crippen LogP contribution in [0, 0.1) is 20.8 Å². The van der Waals surface area contributed by atoms with Crippen molar-refractivity contribution in [2.45, 2.75) is 45.4 Å². The molecule has 0 saturated carbocycles. The van der Waals surface area contributed by atoms with Gasteiger partial charge in [0.15, 0.2) is 0 Å². The molecular weight excluding hydrogens is 865 g/mol. The number of aromatic carboxylic acids is 3. The number of hydrogen-bond donors (Lipinski definition) is 3. The summed E-state index contributed by atoms with van der Waals surface area (Å²) in [4.78, 5) is 36.4. The maximum Gasteiger partial charge on any atom is 0.335 e. The minimum atomic E-state index is -1.01. The fraction of sp³-hybridized carbons (Fsp3) is 0.109. The SMILES string of the molecule is Cc1ccc(-c2cc3c(cc2-c2ccc(C)cc2)C2(C)c4cc(-c5ccc(C(=O)O)cc5)c(-c5ccc(C)cc5)cc4C3(C)c3cc(-c4ccc(C(=O)O)cc4)c(-c4ccc(C(=O)O)cc4)cc32)cc1. The molecule has 3 aliphatic carbocycles.